The zero-order valence-corrected chi connectivity index (χ0v) is 16.2. The van der Waals surface area contributed by atoms with Gasteiger partial charge in [0.25, 0.3) is 0 Å². The molecule has 4 nitrogen and oxygen atoms in total. The van der Waals surface area contributed by atoms with E-state index >= 15 is 0 Å². The molecule has 0 spiro atoms. The number of nitrogens with zero attached hydrogens (tertiary/aromatic N) is 2. The molecule has 4 aliphatic carbocycles. The van der Waals surface area contributed by atoms with Gasteiger partial charge in [-0.3, -0.25) is 4.79 Å². The molecule has 4 heteroatoms. The van der Waals surface area contributed by atoms with Crippen molar-refractivity contribution in [2.24, 2.45) is 23.2 Å². The zero-order chi connectivity index (χ0) is 18.4. The Morgan fingerprint density at radius 1 is 1.15 bits per heavy atom. The van der Waals surface area contributed by atoms with Crippen LogP contribution in [-0.4, -0.2) is 15.5 Å². The number of hydrogen-bond acceptors (Lipinski definition) is 2. The summed E-state index contributed by atoms with van der Waals surface area (Å²) in [4.78, 5) is 17.4. The Labute approximate surface area is 161 Å². The van der Waals surface area contributed by atoms with E-state index in [4.69, 9.17) is 0 Å². The highest BCUT2D eigenvalue weighted by molar-refractivity contribution is 5.83. The van der Waals surface area contributed by atoms with E-state index < -0.39 is 0 Å². The van der Waals surface area contributed by atoms with E-state index in [1.54, 1.807) is 0 Å². The van der Waals surface area contributed by atoms with Crippen molar-refractivity contribution in [1.82, 2.24) is 14.9 Å². The van der Waals surface area contributed by atoms with Crippen molar-refractivity contribution < 1.29 is 4.79 Å². The smallest absolute Gasteiger partial charge is 0.226 e. The maximum Gasteiger partial charge on any atom is 0.226 e. The zero-order valence-electron chi connectivity index (χ0n) is 16.2. The number of amides is 1. The molecule has 1 heterocycles. The Hall–Kier alpha value is -2.10. The summed E-state index contributed by atoms with van der Waals surface area (Å²) >= 11 is 0. The van der Waals surface area contributed by atoms with Crippen LogP contribution in [-0.2, 0) is 17.9 Å². The van der Waals surface area contributed by atoms with E-state index in [0.29, 0.717) is 12.5 Å². The van der Waals surface area contributed by atoms with Gasteiger partial charge in [-0.25, -0.2) is 4.98 Å². The lowest BCUT2D eigenvalue weighted by atomic mass is 9.49. The average molecular weight is 364 g/mol. The fourth-order valence-electron chi connectivity index (χ4n) is 6.36. The van der Waals surface area contributed by atoms with Gasteiger partial charge < -0.3 is 9.88 Å². The highest BCUT2D eigenvalue weighted by atomic mass is 16.2. The molecular formula is C23H29N3O. The lowest BCUT2D eigenvalue weighted by molar-refractivity contribution is -0.146. The van der Waals surface area contributed by atoms with Crippen LogP contribution < -0.4 is 5.32 Å². The minimum absolute atomic E-state index is 0.0553. The van der Waals surface area contributed by atoms with Crippen LogP contribution in [0, 0.1) is 30.1 Å². The van der Waals surface area contributed by atoms with Gasteiger partial charge in [0.05, 0.1) is 0 Å². The first-order valence-corrected chi connectivity index (χ1v) is 10.4. The molecule has 0 radical (unpaired) electrons. The van der Waals surface area contributed by atoms with E-state index in [1.807, 2.05) is 19.3 Å². The normalized spacial score (nSPS) is 31.2. The van der Waals surface area contributed by atoms with E-state index in [1.165, 1.54) is 30.4 Å². The first kappa shape index (κ1) is 17.0. The van der Waals surface area contributed by atoms with Crippen LogP contribution in [0.1, 0.15) is 55.5 Å². The standard InChI is InChI=1S/C23H29N3O/c1-16-24-5-6-26(16)15-18-4-2-3-17(7-18)14-25-22(27)23-11-19-8-20(12-23)10-21(9-19)13-23/h2-7,19-21H,8-15H2,1H3,(H,25,27). The SMILES string of the molecule is Cc1nccn1Cc1cccc(CNC(=O)C23CC4CC(CC(C4)C2)C3)c1. The first-order valence-electron chi connectivity index (χ1n) is 10.4. The molecule has 0 atom stereocenters. The van der Waals surface area contributed by atoms with Crippen LogP contribution in [0.5, 0.6) is 0 Å². The minimum atomic E-state index is -0.0553. The predicted octanol–water partition coefficient (Wildman–Crippen LogP) is 4.07. The molecule has 4 bridgehead atoms. The Bertz CT molecular complexity index is 818. The van der Waals surface area contributed by atoms with Gasteiger partial charge in [0.15, 0.2) is 0 Å². The number of carbonyl (C=O) groups excluding carboxylic acids is 1. The number of carbonyl (C=O) groups is 1. The van der Waals surface area contributed by atoms with Crippen LogP contribution in [0.4, 0.5) is 0 Å². The molecule has 1 aromatic heterocycles. The molecule has 1 amide bonds. The second kappa shape index (κ2) is 6.50. The molecule has 142 valence electrons. The van der Waals surface area contributed by atoms with Gasteiger partial charge in [-0.05, 0) is 74.3 Å². The fourth-order valence-corrected chi connectivity index (χ4v) is 6.36. The summed E-state index contributed by atoms with van der Waals surface area (Å²) in [5.41, 5.74) is 2.38. The van der Waals surface area contributed by atoms with Gasteiger partial charge in [0.1, 0.15) is 5.82 Å². The summed E-state index contributed by atoms with van der Waals surface area (Å²) < 4.78 is 2.15. The van der Waals surface area contributed by atoms with Crippen molar-refractivity contribution in [3.63, 3.8) is 0 Å². The second-order valence-electron chi connectivity index (χ2n) is 9.30. The van der Waals surface area contributed by atoms with Crippen LogP contribution >= 0.6 is 0 Å². The van der Waals surface area contributed by atoms with Gasteiger partial charge in [-0.15, -0.1) is 0 Å². The van der Waals surface area contributed by atoms with Crippen molar-refractivity contribution in [1.29, 1.82) is 0 Å². The minimum Gasteiger partial charge on any atom is -0.352 e. The van der Waals surface area contributed by atoms with Crippen LogP contribution in [0.2, 0.25) is 0 Å². The molecule has 6 rings (SSSR count). The molecule has 0 aliphatic heterocycles. The van der Waals surface area contributed by atoms with Gasteiger partial charge in [0.2, 0.25) is 5.91 Å². The van der Waals surface area contributed by atoms with E-state index in [2.05, 4.69) is 39.1 Å². The molecule has 4 saturated carbocycles. The summed E-state index contributed by atoms with van der Waals surface area (Å²) in [6, 6.07) is 8.56. The summed E-state index contributed by atoms with van der Waals surface area (Å²) in [6.07, 6.45) is 11.4. The Kier molecular flexibility index (Phi) is 4.10. The van der Waals surface area contributed by atoms with Crippen molar-refractivity contribution in [3.05, 3.63) is 53.6 Å². The summed E-state index contributed by atoms with van der Waals surface area (Å²) in [6.45, 7) is 3.48. The molecule has 2 aromatic rings. The maximum atomic E-state index is 13.1. The Morgan fingerprint density at radius 2 is 1.81 bits per heavy atom. The fraction of sp³-hybridized carbons (Fsp3) is 0.565. The molecule has 4 fully saturated rings. The molecular weight excluding hydrogens is 334 g/mol. The second-order valence-corrected chi connectivity index (χ2v) is 9.30. The number of benzene rings is 1. The number of rotatable bonds is 5. The Balaban J connectivity index is 1.24. The largest absolute Gasteiger partial charge is 0.352 e. The maximum absolute atomic E-state index is 13.1. The monoisotopic (exact) mass is 363 g/mol. The third-order valence-electron chi connectivity index (χ3n) is 7.24. The number of imidazole rings is 1. The van der Waals surface area contributed by atoms with Crippen molar-refractivity contribution in [2.45, 2.75) is 58.5 Å². The number of aryl methyl sites for hydroxylation is 1. The summed E-state index contributed by atoms with van der Waals surface area (Å²) in [5.74, 6) is 3.77. The molecule has 0 saturated heterocycles. The van der Waals surface area contributed by atoms with Gasteiger partial charge in [0, 0.05) is 30.9 Å². The predicted molar refractivity (Wildman–Crippen MR) is 105 cm³/mol. The third-order valence-corrected chi connectivity index (χ3v) is 7.24. The molecule has 0 unspecified atom stereocenters. The van der Waals surface area contributed by atoms with Crippen molar-refractivity contribution >= 4 is 5.91 Å². The van der Waals surface area contributed by atoms with Crippen molar-refractivity contribution in [2.75, 3.05) is 0 Å². The van der Waals surface area contributed by atoms with Gasteiger partial charge in [-0.1, -0.05) is 24.3 Å². The molecule has 1 N–H and O–H groups in total. The van der Waals surface area contributed by atoms with Crippen molar-refractivity contribution in [3.8, 4) is 0 Å². The number of hydrogen-bond donors (Lipinski definition) is 1. The summed E-state index contributed by atoms with van der Waals surface area (Å²) in [7, 11) is 0. The lowest BCUT2D eigenvalue weighted by Crippen LogP contribution is -2.53. The number of nitrogens with one attached hydrogen (secondary N) is 1. The lowest BCUT2D eigenvalue weighted by Gasteiger charge is -2.55. The van der Waals surface area contributed by atoms with Crippen LogP contribution in [0.25, 0.3) is 0 Å². The third kappa shape index (κ3) is 3.19. The van der Waals surface area contributed by atoms with E-state index in [9.17, 15) is 4.79 Å². The first-order chi connectivity index (χ1) is 13.1. The number of aromatic nitrogens is 2. The quantitative estimate of drug-likeness (QED) is 0.870. The highest BCUT2D eigenvalue weighted by Crippen LogP contribution is 2.60. The highest BCUT2D eigenvalue weighted by Gasteiger charge is 2.54. The van der Waals surface area contributed by atoms with Gasteiger partial charge in [-0.2, -0.15) is 0 Å². The van der Waals surface area contributed by atoms with E-state index in [-0.39, 0.29) is 5.41 Å². The van der Waals surface area contributed by atoms with Crippen LogP contribution in [0.15, 0.2) is 36.7 Å². The topological polar surface area (TPSA) is 46.9 Å². The summed E-state index contributed by atoms with van der Waals surface area (Å²) in [5, 5.41) is 3.30. The molecule has 27 heavy (non-hydrogen) atoms. The average Bonchev–Trinajstić information content (AvgIpc) is 3.03. The van der Waals surface area contributed by atoms with Crippen LogP contribution in [0.3, 0.4) is 0 Å². The Morgan fingerprint density at radius 3 is 2.44 bits per heavy atom. The van der Waals surface area contributed by atoms with E-state index in [0.717, 1.165) is 49.4 Å². The molecule has 4 aliphatic rings. The molecule has 1 aromatic carbocycles. The van der Waals surface area contributed by atoms with Gasteiger partial charge >= 0.3 is 0 Å².